The first-order valence-corrected chi connectivity index (χ1v) is 10.9. The molecule has 2 aliphatic rings. The molecule has 0 unspecified atom stereocenters. The minimum Gasteiger partial charge on any atom is -0.497 e. The second kappa shape index (κ2) is 8.50. The number of piperidine rings is 1. The zero-order valence-corrected chi connectivity index (χ0v) is 16.2. The molecule has 2 heterocycles. The number of ketones is 1. The first-order valence-electron chi connectivity index (χ1n) is 9.46. The van der Waals surface area contributed by atoms with Crippen molar-refractivity contribution < 1.29 is 17.9 Å². The van der Waals surface area contributed by atoms with Crippen molar-refractivity contribution in [2.75, 3.05) is 33.3 Å². The molecular formula is C19H28N2O4S. The summed E-state index contributed by atoms with van der Waals surface area (Å²) in [7, 11) is -1.80. The third-order valence-electron chi connectivity index (χ3n) is 5.42. The lowest BCUT2D eigenvalue weighted by Gasteiger charge is -2.34. The summed E-state index contributed by atoms with van der Waals surface area (Å²) < 4.78 is 34.0. The monoisotopic (exact) mass is 380 g/mol. The molecule has 144 valence electrons. The van der Waals surface area contributed by atoms with Gasteiger partial charge in [-0.05, 0) is 49.9 Å². The summed E-state index contributed by atoms with van der Waals surface area (Å²) in [6.07, 6.45) is 5.24. The Morgan fingerprint density at radius 3 is 2.00 bits per heavy atom. The van der Waals surface area contributed by atoms with Gasteiger partial charge in [0.15, 0.2) is 5.78 Å². The van der Waals surface area contributed by atoms with Crippen LogP contribution in [-0.4, -0.2) is 56.1 Å². The van der Waals surface area contributed by atoms with E-state index in [4.69, 9.17) is 4.74 Å². The average Bonchev–Trinajstić information content (AvgIpc) is 2.98. The normalized spacial score (nSPS) is 21.3. The van der Waals surface area contributed by atoms with Gasteiger partial charge in [0.2, 0.25) is 0 Å². The van der Waals surface area contributed by atoms with Crippen LogP contribution in [0.2, 0.25) is 0 Å². The number of carbonyl (C=O) groups excluding carboxylic acids is 1. The van der Waals surface area contributed by atoms with E-state index in [1.807, 2.05) is 0 Å². The van der Waals surface area contributed by atoms with Crippen molar-refractivity contribution >= 4 is 16.0 Å². The number of methoxy groups -OCH3 is 1. The average molecular weight is 381 g/mol. The Morgan fingerprint density at radius 2 is 1.46 bits per heavy atom. The Bertz CT molecular complexity index is 702. The quantitative estimate of drug-likeness (QED) is 0.737. The maximum Gasteiger partial charge on any atom is 0.281 e. The van der Waals surface area contributed by atoms with Gasteiger partial charge in [0, 0.05) is 37.7 Å². The number of hydrogen-bond acceptors (Lipinski definition) is 4. The van der Waals surface area contributed by atoms with E-state index in [2.05, 4.69) is 0 Å². The molecule has 2 saturated heterocycles. The smallest absolute Gasteiger partial charge is 0.281 e. The van der Waals surface area contributed by atoms with E-state index in [9.17, 15) is 13.2 Å². The van der Waals surface area contributed by atoms with E-state index in [0.29, 0.717) is 44.6 Å². The van der Waals surface area contributed by atoms with Crippen LogP contribution in [0.5, 0.6) is 5.75 Å². The summed E-state index contributed by atoms with van der Waals surface area (Å²) >= 11 is 0. The molecule has 1 aromatic carbocycles. The number of benzene rings is 1. The summed E-state index contributed by atoms with van der Waals surface area (Å²) in [6.45, 7) is 2.08. The van der Waals surface area contributed by atoms with Crippen LogP contribution in [0.1, 0.15) is 48.9 Å². The van der Waals surface area contributed by atoms with Gasteiger partial charge in [-0.1, -0.05) is 12.8 Å². The molecule has 6 nitrogen and oxygen atoms in total. The number of carbonyl (C=O) groups is 1. The summed E-state index contributed by atoms with van der Waals surface area (Å²) in [4.78, 5) is 12.7. The van der Waals surface area contributed by atoms with Crippen LogP contribution in [0.15, 0.2) is 24.3 Å². The second-order valence-electron chi connectivity index (χ2n) is 7.09. The van der Waals surface area contributed by atoms with Crippen LogP contribution < -0.4 is 4.74 Å². The van der Waals surface area contributed by atoms with Gasteiger partial charge >= 0.3 is 0 Å². The van der Waals surface area contributed by atoms with Crippen molar-refractivity contribution in [1.82, 2.24) is 8.61 Å². The van der Waals surface area contributed by atoms with Gasteiger partial charge in [-0.15, -0.1) is 0 Å². The van der Waals surface area contributed by atoms with Gasteiger partial charge in [0.05, 0.1) is 7.11 Å². The van der Waals surface area contributed by atoms with Crippen LogP contribution >= 0.6 is 0 Å². The molecule has 26 heavy (non-hydrogen) atoms. The molecule has 1 aromatic rings. The van der Waals surface area contributed by atoms with Gasteiger partial charge in [0.1, 0.15) is 5.75 Å². The highest BCUT2D eigenvalue weighted by atomic mass is 32.2. The van der Waals surface area contributed by atoms with Crippen LogP contribution in [0.25, 0.3) is 0 Å². The summed E-state index contributed by atoms with van der Waals surface area (Å²) in [5.41, 5.74) is 0.666. The third kappa shape index (κ3) is 4.27. The molecule has 7 heteroatoms. The fourth-order valence-corrected chi connectivity index (χ4v) is 5.49. The molecule has 2 aliphatic heterocycles. The summed E-state index contributed by atoms with van der Waals surface area (Å²) in [5.74, 6) is 0.707. The topological polar surface area (TPSA) is 66.9 Å². The first kappa shape index (κ1) is 19.3. The lowest BCUT2D eigenvalue weighted by Crippen LogP contribution is -2.48. The molecule has 0 aliphatic carbocycles. The van der Waals surface area contributed by atoms with E-state index in [0.717, 1.165) is 31.4 Å². The number of Topliss-reactive ketones (excluding diaryl/α,β-unsaturated/α-hetero) is 1. The van der Waals surface area contributed by atoms with Crippen molar-refractivity contribution in [2.24, 2.45) is 5.92 Å². The highest BCUT2D eigenvalue weighted by Gasteiger charge is 2.35. The maximum absolute atomic E-state index is 12.9. The SMILES string of the molecule is COc1ccc(C(=O)C2CCN(S(=O)(=O)N3CCCCCC3)CC2)cc1. The van der Waals surface area contributed by atoms with Crippen LogP contribution in [-0.2, 0) is 10.2 Å². The van der Waals surface area contributed by atoms with Crippen molar-refractivity contribution in [3.05, 3.63) is 29.8 Å². The van der Waals surface area contributed by atoms with E-state index in [-0.39, 0.29) is 11.7 Å². The third-order valence-corrected chi connectivity index (χ3v) is 7.45. The van der Waals surface area contributed by atoms with E-state index in [1.165, 1.54) is 0 Å². The summed E-state index contributed by atoms with van der Waals surface area (Å²) in [6, 6.07) is 7.13. The Kier molecular flexibility index (Phi) is 6.32. The Morgan fingerprint density at radius 1 is 0.923 bits per heavy atom. The number of rotatable bonds is 5. The molecule has 0 N–H and O–H groups in total. The predicted octanol–water partition coefficient (Wildman–Crippen LogP) is 2.71. The standard InChI is InChI=1S/C19H28N2O4S/c1-25-18-8-6-16(7-9-18)19(22)17-10-14-21(15-11-17)26(23,24)20-12-4-2-3-5-13-20/h6-9,17H,2-5,10-15H2,1H3. The minimum absolute atomic E-state index is 0.0967. The molecule has 0 saturated carbocycles. The van der Waals surface area contributed by atoms with Crippen molar-refractivity contribution in [1.29, 1.82) is 0 Å². The molecule has 0 atom stereocenters. The van der Waals surface area contributed by atoms with Crippen molar-refractivity contribution in [2.45, 2.75) is 38.5 Å². The fraction of sp³-hybridized carbons (Fsp3) is 0.632. The molecule has 0 bridgehead atoms. The highest BCUT2D eigenvalue weighted by molar-refractivity contribution is 7.86. The van der Waals surface area contributed by atoms with Crippen LogP contribution in [0.3, 0.4) is 0 Å². The number of nitrogens with zero attached hydrogens (tertiary/aromatic N) is 2. The van der Waals surface area contributed by atoms with E-state index < -0.39 is 10.2 Å². The van der Waals surface area contributed by atoms with Crippen molar-refractivity contribution in [3.63, 3.8) is 0 Å². The largest absolute Gasteiger partial charge is 0.497 e. The summed E-state index contributed by atoms with van der Waals surface area (Å²) in [5, 5.41) is 0. The number of ether oxygens (including phenoxy) is 1. The van der Waals surface area contributed by atoms with Crippen molar-refractivity contribution in [3.8, 4) is 5.75 Å². The zero-order chi connectivity index (χ0) is 18.6. The van der Waals surface area contributed by atoms with Crippen LogP contribution in [0.4, 0.5) is 0 Å². The van der Waals surface area contributed by atoms with E-state index in [1.54, 1.807) is 40.0 Å². The predicted molar refractivity (Wildman–Crippen MR) is 101 cm³/mol. The van der Waals surface area contributed by atoms with E-state index >= 15 is 0 Å². The molecule has 0 amide bonds. The molecule has 2 fully saturated rings. The maximum atomic E-state index is 12.9. The molecule has 0 radical (unpaired) electrons. The molecule has 0 spiro atoms. The zero-order valence-electron chi connectivity index (χ0n) is 15.4. The molecular weight excluding hydrogens is 352 g/mol. The van der Waals surface area contributed by atoms with Gasteiger partial charge in [-0.25, -0.2) is 0 Å². The number of hydrogen-bond donors (Lipinski definition) is 0. The Balaban J connectivity index is 1.60. The lowest BCUT2D eigenvalue weighted by molar-refractivity contribution is 0.0873. The fourth-order valence-electron chi connectivity index (χ4n) is 3.78. The van der Waals surface area contributed by atoms with Gasteiger partial charge < -0.3 is 4.74 Å². The van der Waals surface area contributed by atoms with Gasteiger partial charge in [-0.2, -0.15) is 17.0 Å². The van der Waals surface area contributed by atoms with Gasteiger partial charge in [-0.3, -0.25) is 4.79 Å². The first-order chi connectivity index (χ1) is 12.5. The lowest BCUT2D eigenvalue weighted by atomic mass is 9.89. The Hall–Kier alpha value is -1.44. The highest BCUT2D eigenvalue weighted by Crippen LogP contribution is 2.26. The van der Waals surface area contributed by atoms with Crippen LogP contribution in [0, 0.1) is 5.92 Å². The van der Waals surface area contributed by atoms with Gasteiger partial charge in [0.25, 0.3) is 10.2 Å². The molecule has 3 rings (SSSR count). The Labute approximate surface area is 156 Å². The minimum atomic E-state index is -3.39. The molecule has 0 aromatic heterocycles. The second-order valence-corrected chi connectivity index (χ2v) is 9.02.